The van der Waals surface area contributed by atoms with Gasteiger partial charge in [-0.25, -0.2) is 12.7 Å². The van der Waals surface area contributed by atoms with Crippen molar-refractivity contribution in [1.82, 2.24) is 9.62 Å². The van der Waals surface area contributed by atoms with Gasteiger partial charge in [-0.05, 0) is 36.2 Å². The van der Waals surface area contributed by atoms with E-state index in [0.29, 0.717) is 19.8 Å². The summed E-state index contributed by atoms with van der Waals surface area (Å²) < 4.78 is 31.2. The van der Waals surface area contributed by atoms with Crippen LogP contribution in [0.5, 0.6) is 0 Å². The summed E-state index contributed by atoms with van der Waals surface area (Å²) in [6, 6.07) is 11.9. The first-order chi connectivity index (χ1) is 12.8. The zero-order chi connectivity index (χ0) is 20.0. The fourth-order valence-electron chi connectivity index (χ4n) is 2.40. The van der Waals surface area contributed by atoms with Gasteiger partial charge in [-0.15, -0.1) is 0 Å². The van der Waals surface area contributed by atoms with Gasteiger partial charge < -0.3 is 10.1 Å². The number of hydrogen-bond acceptors (Lipinski definition) is 4. The minimum absolute atomic E-state index is 0.0716. The van der Waals surface area contributed by atoms with Gasteiger partial charge >= 0.3 is 0 Å². The Balaban J connectivity index is 2.18. The summed E-state index contributed by atoms with van der Waals surface area (Å²) in [5.41, 5.74) is 2.16. The molecule has 0 heterocycles. The summed E-state index contributed by atoms with van der Waals surface area (Å²) in [5, 5.41) is 2.89. The molecule has 0 saturated carbocycles. The molecule has 0 aliphatic rings. The van der Waals surface area contributed by atoms with Crippen LogP contribution in [0.4, 0.5) is 0 Å². The number of rotatable bonds is 8. The molecule has 0 saturated heterocycles. The third kappa shape index (κ3) is 5.29. The Kier molecular flexibility index (Phi) is 7.38. The van der Waals surface area contributed by atoms with Crippen LogP contribution < -0.4 is 5.32 Å². The van der Waals surface area contributed by atoms with Gasteiger partial charge in [0.15, 0.2) is 0 Å². The van der Waals surface area contributed by atoms with Crippen molar-refractivity contribution < 1.29 is 17.9 Å². The topological polar surface area (TPSA) is 75.7 Å². The van der Waals surface area contributed by atoms with E-state index >= 15 is 0 Å². The Labute approximate surface area is 165 Å². The minimum atomic E-state index is -3.74. The molecule has 2 rings (SSSR count). The van der Waals surface area contributed by atoms with E-state index in [-0.39, 0.29) is 21.4 Å². The molecule has 0 unspecified atom stereocenters. The molecule has 1 N–H and O–H groups in total. The summed E-state index contributed by atoms with van der Waals surface area (Å²) in [7, 11) is -0.922. The molecule has 8 heteroatoms. The van der Waals surface area contributed by atoms with E-state index in [1.807, 2.05) is 31.2 Å². The monoisotopic (exact) mass is 410 g/mol. The lowest BCUT2D eigenvalue weighted by Gasteiger charge is -2.14. The molecule has 0 atom stereocenters. The molecule has 0 aliphatic heterocycles. The van der Waals surface area contributed by atoms with Crippen LogP contribution in [0.3, 0.4) is 0 Å². The van der Waals surface area contributed by atoms with E-state index < -0.39 is 10.0 Å². The second-order valence-corrected chi connectivity index (χ2v) is 8.55. The lowest BCUT2D eigenvalue weighted by molar-refractivity contribution is 0.0949. The molecule has 0 radical (unpaired) electrons. The lowest BCUT2D eigenvalue weighted by Crippen LogP contribution is -2.25. The third-order valence-electron chi connectivity index (χ3n) is 3.97. The maximum Gasteiger partial charge on any atom is 0.251 e. The maximum absolute atomic E-state index is 12.5. The zero-order valence-corrected chi connectivity index (χ0v) is 17.1. The standard InChI is InChI=1S/C19H23ClN2O4S/c1-4-26-13-16-8-6-5-7-15(16)12-21-19(23)14-9-10-17(20)18(11-14)27(24,25)22(2)3/h5-11H,4,12-13H2,1-3H3,(H,21,23). The first-order valence-corrected chi connectivity index (χ1v) is 10.2. The van der Waals surface area contributed by atoms with Gasteiger partial charge in [-0.2, -0.15) is 0 Å². The van der Waals surface area contributed by atoms with Crippen molar-refractivity contribution in [1.29, 1.82) is 0 Å². The number of ether oxygens (including phenoxy) is 1. The van der Waals surface area contributed by atoms with Gasteiger partial charge in [-0.3, -0.25) is 4.79 Å². The quantitative estimate of drug-likeness (QED) is 0.725. The number of amides is 1. The Morgan fingerprint density at radius 3 is 2.44 bits per heavy atom. The van der Waals surface area contributed by atoms with E-state index in [1.54, 1.807) is 0 Å². The molecule has 0 bridgehead atoms. The van der Waals surface area contributed by atoms with E-state index in [4.69, 9.17) is 16.3 Å². The van der Waals surface area contributed by atoms with Crippen molar-refractivity contribution in [2.45, 2.75) is 25.0 Å². The van der Waals surface area contributed by atoms with E-state index in [1.165, 1.54) is 32.3 Å². The Morgan fingerprint density at radius 1 is 1.15 bits per heavy atom. The molecule has 2 aromatic carbocycles. The fourth-order valence-corrected chi connectivity index (χ4v) is 3.79. The summed E-state index contributed by atoms with van der Waals surface area (Å²) in [5.74, 6) is -0.381. The first-order valence-electron chi connectivity index (χ1n) is 8.42. The van der Waals surface area contributed by atoms with Gasteiger partial charge in [-0.1, -0.05) is 35.9 Å². The molecule has 0 aromatic heterocycles. The van der Waals surface area contributed by atoms with Crippen LogP contribution in [0.2, 0.25) is 5.02 Å². The van der Waals surface area contributed by atoms with Crippen molar-refractivity contribution in [3.05, 3.63) is 64.2 Å². The molecule has 2 aromatic rings. The second kappa shape index (κ2) is 9.32. The SMILES string of the molecule is CCOCc1ccccc1CNC(=O)c1ccc(Cl)c(S(=O)(=O)N(C)C)c1. The number of carbonyl (C=O) groups excluding carboxylic acids is 1. The van der Waals surface area contributed by atoms with Gasteiger partial charge in [0, 0.05) is 32.8 Å². The summed E-state index contributed by atoms with van der Waals surface area (Å²) in [6.07, 6.45) is 0. The van der Waals surface area contributed by atoms with Crippen LogP contribution >= 0.6 is 11.6 Å². The average molecular weight is 411 g/mol. The second-order valence-electron chi connectivity index (χ2n) is 6.02. The van der Waals surface area contributed by atoms with Crippen molar-refractivity contribution >= 4 is 27.5 Å². The van der Waals surface area contributed by atoms with E-state index in [9.17, 15) is 13.2 Å². The Morgan fingerprint density at radius 2 is 1.81 bits per heavy atom. The normalized spacial score (nSPS) is 11.6. The molecule has 146 valence electrons. The highest BCUT2D eigenvalue weighted by Gasteiger charge is 2.22. The molecule has 6 nitrogen and oxygen atoms in total. The van der Waals surface area contributed by atoms with E-state index in [2.05, 4.69) is 5.32 Å². The van der Waals surface area contributed by atoms with Crippen LogP contribution in [0, 0.1) is 0 Å². The summed E-state index contributed by atoms with van der Waals surface area (Å²) in [6.45, 7) is 3.30. The van der Waals surface area contributed by atoms with Crippen LogP contribution in [-0.4, -0.2) is 39.3 Å². The number of sulfonamides is 1. The molecule has 0 spiro atoms. The third-order valence-corrected chi connectivity index (χ3v) is 6.27. The van der Waals surface area contributed by atoms with Crippen LogP contribution in [-0.2, 0) is 27.9 Å². The van der Waals surface area contributed by atoms with Gasteiger partial charge in [0.2, 0.25) is 10.0 Å². The van der Waals surface area contributed by atoms with Crippen molar-refractivity contribution in [3.8, 4) is 0 Å². The number of nitrogens with zero attached hydrogens (tertiary/aromatic N) is 1. The molecule has 0 aliphatic carbocycles. The highest BCUT2D eigenvalue weighted by atomic mass is 35.5. The number of hydrogen-bond donors (Lipinski definition) is 1. The van der Waals surface area contributed by atoms with Crippen LogP contribution in [0.1, 0.15) is 28.4 Å². The largest absolute Gasteiger partial charge is 0.377 e. The molecular formula is C19H23ClN2O4S. The predicted octanol–water partition coefficient (Wildman–Crippen LogP) is 3.06. The number of halogens is 1. The summed E-state index contributed by atoms with van der Waals surface area (Å²) >= 11 is 6.02. The first kappa shape index (κ1) is 21.4. The van der Waals surface area contributed by atoms with Crippen LogP contribution in [0.15, 0.2) is 47.4 Å². The highest BCUT2D eigenvalue weighted by molar-refractivity contribution is 7.89. The molecule has 1 amide bonds. The molecular weight excluding hydrogens is 388 g/mol. The van der Waals surface area contributed by atoms with Gasteiger partial charge in [0.25, 0.3) is 5.91 Å². The smallest absolute Gasteiger partial charge is 0.251 e. The van der Waals surface area contributed by atoms with Gasteiger partial charge in [0.05, 0.1) is 11.6 Å². The van der Waals surface area contributed by atoms with Crippen molar-refractivity contribution in [2.24, 2.45) is 0 Å². The van der Waals surface area contributed by atoms with E-state index in [0.717, 1.165) is 15.4 Å². The predicted molar refractivity (Wildman–Crippen MR) is 105 cm³/mol. The number of benzene rings is 2. The Bertz CT molecular complexity index is 914. The zero-order valence-electron chi connectivity index (χ0n) is 15.5. The fraction of sp³-hybridized carbons (Fsp3) is 0.316. The lowest BCUT2D eigenvalue weighted by atomic mass is 10.1. The number of nitrogens with one attached hydrogen (secondary N) is 1. The van der Waals surface area contributed by atoms with Crippen molar-refractivity contribution in [2.75, 3.05) is 20.7 Å². The summed E-state index contributed by atoms with van der Waals surface area (Å²) in [4.78, 5) is 12.4. The molecule has 0 fully saturated rings. The van der Waals surface area contributed by atoms with Crippen LogP contribution in [0.25, 0.3) is 0 Å². The van der Waals surface area contributed by atoms with Gasteiger partial charge in [0.1, 0.15) is 4.90 Å². The average Bonchev–Trinajstić information content (AvgIpc) is 2.65. The minimum Gasteiger partial charge on any atom is -0.377 e. The maximum atomic E-state index is 12.5. The highest BCUT2D eigenvalue weighted by Crippen LogP contribution is 2.24. The number of carbonyl (C=O) groups is 1. The Hall–Kier alpha value is -1.93. The molecule has 27 heavy (non-hydrogen) atoms. The van der Waals surface area contributed by atoms with Crippen molar-refractivity contribution in [3.63, 3.8) is 0 Å².